The number of amides is 1. The zero-order chi connectivity index (χ0) is 25.3. The van der Waals surface area contributed by atoms with Crippen LogP contribution in [0.3, 0.4) is 0 Å². The Morgan fingerprint density at radius 1 is 0.971 bits per heavy atom. The molecule has 0 saturated carbocycles. The molecule has 180 valence electrons. The molecule has 35 heavy (non-hydrogen) atoms. The lowest BCUT2D eigenvalue weighted by atomic mass is 9.68. The molecular weight excluding hydrogens is 440 g/mol. The number of hydrogen-bond acceptors (Lipinski definition) is 6. The molecule has 0 N–H and O–H groups in total. The van der Waals surface area contributed by atoms with Crippen molar-refractivity contribution in [2.24, 2.45) is 11.3 Å². The first-order valence-electron chi connectivity index (χ1n) is 11.8. The number of benzene rings is 2. The summed E-state index contributed by atoms with van der Waals surface area (Å²) in [4.78, 5) is 31.0. The third-order valence-corrected chi connectivity index (χ3v) is 7.45. The third-order valence-electron chi connectivity index (χ3n) is 7.45. The minimum atomic E-state index is -1.69. The molecule has 7 nitrogen and oxygen atoms in total. The summed E-state index contributed by atoms with van der Waals surface area (Å²) in [5, 5.41) is 21.2. The fraction of sp³-hybridized carbons (Fsp3) is 0.429. The van der Waals surface area contributed by atoms with Gasteiger partial charge >= 0.3 is 5.97 Å². The molecule has 0 aliphatic carbocycles. The maximum Gasteiger partial charge on any atom is 0.329 e. The summed E-state index contributed by atoms with van der Waals surface area (Å²) in [5.74, 6) is -2.05. The summed E-state index contributed by atoms with van der Waals surface area (Å²) >= 11 is 0. The van der Waals surface area contributed by atoms with Crippen LogP contribution in [-0.4, -0.2) is 55.0 Å². The molecule has 1 unspecified atom stereocenters. The Kier molecular flexibility index (Phi) is 6.65. The van der Waals surface area contributed by atoms with Gasteiger partial charge in [0.15, 0.2) is 5.41 Å². The maximum absolute atomic E-state index is 14.1. The smallest absolute Gasteiger partial charge is 0.329 e. The van der Waals surface area contributed by atoms with E-state index < -0.39 is 29.4 Å². The summed E-state index contributed by atoms with van der Waals surface area (Å²) in [6.45, 7) is 5.22. The molecule has 2 aromatic carbocycles. The van der Waals surface area contributed by atoms with Crippen molar-refractivity contribution in [2.45, 2.75) is 38.3 Å². The molecule has 7 heteroatoms. The molecule has 0 aromatic heterocycles. The van der Waals surface area contributed by atoms with Crippen LogP contribution in [0.1, 0.15) is 40.6 Å². The highest BCUT2D eigenvalue weighted by atomic mass is 16.5. The number of aryl methyl sites for hydroxylation is 2. The van der Waals surface area contributed by atoms with Crippen molar-refractivity contribution in [3.05, 3.63) is 70.8 Å². The van der Waals surface area contributed by atoms with Crippen LogP contribution in [0, 0.1) is 47.8 Å². The van der Waals surface area contributed by atoms with Crippen LogP contribution < -0.4 is 0 Å². The molecule has 2 aliphatic heterocycles. The fourth-order valence-electron chi connectivity index (χ4n) is 5.62. The van der Waals surface area contributed by atoms with Crippen molar-refractivity contribution in [3.63, 3.8) is 0 Å². The predicted molar refractivity (Wildman–Crippen MR) is 130 cm³/mol. The lowest BCUT2D eigenvalue weighted by Crippen LogP contribution is -2.47. The number of carbonyl (C=O) groups is 2. The van der Waals surface area contributed by atoms with E-state index in [9.17, 15) is 20.1 Å². The van der Waals surface area contributed by atoms with Gasteiger partial charge < -0.3 is 14.5 Å². The Morgan fingerprint density at radius 2 is 1.51 bits per heavy atom. The molecule has 2 aliphatic rings. The Morgan fingerprint density at radius 3 is 1.97 bits per heavy atom. The first-order chi connectivity index (χ1) is 16.8. The number of hydrogen-bond donors (Lipinski definition) is 0. The minimum Gasteiger partial charge on any atom is -0.467 e. The van der Waals surface area contributed by atoms with Gasteiger partial charge in [0, 0.05) is 12.5 Å². The van der Waals surface area contributed by atoms with Crippen molar-refractivity contribution in [2.75, 3.05) is 27.2 Å². The number of nitriles is 2. The van der Waals surface area contributed by atoms with E-state index in [0.717, 1.165) is 17.7 Å². The standard InChI is InChI=1S/C28H30N4O3/c1-18-5-9-20(10-6-18)23-24(27(34)35-4)32(26(33)22-13-14-31(3)15-22)25(28(23,16-29)17-30)21-11-7-19(2)8-12-21/h5-12,22-25H,13-15H2,1-4H3/t22?,23-,24+,25-/m0/s1. The lowest BCUT2D eigenvalue weighted by Gasteiger charge is -2.33. The second-order valence-electron chi connectivity index (χ2n) is 9.76. The van der Waals surface area contributed by atoms with E-state index >= 15 is 0 Å². The quantitative estimate of drug-likeness (QED) is 0.635. The molecule has 0 radical (unpaired) electrons. The number of ether oxygens (including phenoxy) is 1. The highest BCUT2D eigenvalue weighted by Crippen LogP contribution is 2.58. The molecule has 0 spiro atoms. The summed E-state index contributed by atoms with van der Waals surface area (Å²) in [7, 11) is 3.23. The minimum absolute atomic E-state index is 0.222. The molecule has 2 aromatic rings. The van der Waals surface area contributed by atoms with Crippen LogP contribution in [0.4, 0.5) is 0 Å². The van der Waals surface area contributed by atoms with Crippen LogP contribution in [0.25, 0.3) is 0 Å². The first kappa shape index (κ1) is 24.4. The van der Waals surface area contributed by atoms with Crippen LogP contribution in [0.2, 0.25) is 0 Å². The monoisotopic (exact) mass is 470 g/mol. The maximum atomic E-state index is 14.1. The van der Waals surface area contributed by atoms with Gasteiger partial charge in [-0.1, -0.05) is 59.7 Å². The normalized spacial score (nSPS) is 25.6. The van der Waals surface area contributed by atoms with Crippen LogP contribution >= 0.6 is 0 Å². The van der Waals surface area contributed by atoms with Crippen LogP contribution in [0.5, 0.6) is 0 Å². The topological polar surface area (TPSA) is 97.4 Å². The van der Waals surface area contributed by atoms with Gasteiger partial charge in [0.1, 0.15) is 6.04 Å². The number of methoxy groups -OCH3 is 1. The van der Waals surface area contributed by atoms with Gasteiger partial charge in [-0.2, -0.15) is 10.5 Å². The number of nitrogens with zero attached hydrogens (tertiary/aromatic N) is 4. The van der Waals surface area contributed by atoms with Gasteiger partial charge in [0.25, 0.3) is 0 Å². The van der Waals surface area contributed by atoms with Gasteiger partial charge in [-0.15, -0.1) is 0 Å². The molecule has 4 rings (SSSR count). The number of esters is 1. The SMILES string of the molecule is COC(=O)[C@H]1[C@H](c2ccc(C)cc2)C(C#N)(C#N)[C@H](c2ccc(C)cc2)N1C(=O)C1CCN(C)C1. The Balaban J connectivity index is 1.98. The second-order valence-corrected chi connectivity index (χ2v) is 9.76. The summed E-state index contributed by atoms with van der Waals surface area (Å²) in [6.07, 6.45) is 0.654. The number of likely N-dealkylation sites (tertiary alicyclic amines) is 2. The summed E-state index contributed by atoms with van der Waals surface area (Å²) in [6, 6.07) is 17.4. The molecule has 2 heterocycles. The van der Waals surface area contributed by atoms with E-state index in [2.05, 4.69) is 17.0 Å². The predicted octanol–water partition coefficient (Wildman–Crippen LogP) is 3.50. The number of carbonyl (C=O) groups excluding carboxylic acids is 2. The van der Waals surface area contributed by atoms with Gasteiger partial charge in [-0.05, 0) is 45.0 Å². The van der Waals surface area contributed by atoms with Crippen LogP contribution in [-0.2, 0) is 14.3 Å². The third kappa shape index (κ3) is 4.07. The zero-order valence-electron chi connectivity index (χ0n) is 20.6. The second kappa shape index (κ2) is 9.52. The highest BCUT2D eigenvalue weighted by Gasteiger charge is 2.66. The average Bonchev–Trinajstić information content (AvgIpc) is 3.43. The van der Waals surface area contributed by atoms with E-state index in [-0.39, 0.29) is 11.8 Å². The summed E-state index contributed by atoms with van der Waals surface area (Å²) < 4.78 is 5.20. The van der Waals surface area contributed by atoms with Crippen molar-refractivity contribution < 1.29 is 14.3 Å². The van der Waals surface area contributed by atoms with Gasteiger partial charge in [0.2, 0.25) is 5.91 Å². The largest absolute Gasteiger partial charge is 0.467 e. The Hall–Kier alpha value is -3.68. The Labute approximate surface area is 206 Å². The first-order valence-corrected chi connectivity index (χ1v) is 11.8. The van der Waals surface area contributed by atoms with Gasteiger partial charge in [-0.3, -0.25) is 4.79 Å². The lowest BCUT2D eigenvalue weighted by molar-refractivity contribution is -0.154. The molecule has 2 fully saturated rings. The van der Waals surface area contributed by atoms with Crippen molar-refractivity contribution in [1.82, 2.24) is 9.80 Å². The molecule has 1 amide bonds. The zero-order valence-corrected chi connectivity index (χ0v) is 20.6. The number of rotatable bonds is 4. The van der Waals surface area contributed by atoms with E-state index in [4.69, 9.17) is 4.74 Å². The van der Waals surface area contributed by atoms with Gasteiger partial charge in [-0.25, -0.2) is 4.79 Å². The van der Waals surface area contributed by atoms with E-state index in [1.807, 2.05) is 69.4 Å². The molecule has 2 saturated heterocycles. The van der Waals surface area contributed by atoms with E-state index in [1.54, 1.807) is 0 Å². The Bertz CT molecular complexity index is 1180. The average molecular weight is 471 g/mol. The summed E-state index contributed by atoms with van der Waals surface area (Å²) in [5.41, 5.74) is 1.65. The van der Waals surface area contributed by atoms with E-state index in [0.29, 0.717) is 24.1 Å². The highest BCUT2D eigenvalue weighted by molar-refractivity contribution is 5.89. The van der Waals surface area contributed by atoms with Crippen molar-refractivity contribution >= 4 is 11.9 Å². The van der Waals surface area contributed by atoms with Crippen molar-refractivity contribution in [3.8, 4) is 12.1 Å². The molecule has 0 bridgehead atoms. The van der Waals surface area contributed by atoms with Crippen molar-refractivity contribution in [1.29, 1.82) is 10.5 Å². The fourth-order valence-corrected chi connectivity index (χ4v) is 5.62. The van der Waals surface area contributed by atoms with E-state index in [1.165, 1.54) is 12.0 Å². The van der Waals surface area contributed by atoms with Crippen LogP contribution in [0.15, 0.2) is 48.5 Å². The van der Waals surface area contributed by atoms with Gasteiger partial charge in [0.05, 0.1) is 31.2 Å². The molecule has 4 atom stereocenters. The molecular formula is C28H30N4O3.